The molecular weight excluding hydrogens is 393 g/mol. The molecule has 0 aliphatic heterocycles. The van der Waals surface area contributed by atoms with Crippen LogP contribution in [0.3, 0.4) is 0 Å². The zero-order chi connectivity index (χ0) is 20.9. The van der Waals surface area contributed by atoms with Gasteiger partial charge in [0.1, 0.15) is 5.82 Å². The molecule has 0 spiro atoms. The Kier molecular flexibility index (Phi) is 7.24. The Hall–Kier alpha value is -1.99. The third kappa shape index (κ3) is 6.51. The van der Waals surface area contributed by atoms with Crippen molar-refractivity contribution in [1.29, 1.82) is 0 Å². The van der Waals surface area contributed by atoms with E-state index in [0.717, 1.165) is 37.5 Å². The number of hydrogen-bond donors (Lipinski definition) is 2. The highest BCUT2D eigenvalue weighted by Crippen LogP contribution is 2.46. The Balaban J connectivity index is 1.59. The van der Waals surface area contributed by atoms with E-state index in [4.69, 9.17) is 5.11 Å². The molecule has 0 aromatic heterocycles. The molecule has 1 aromatic carbocycles. The van der Waals surface area contributed by atoms with Crippen molar-refractivity contribution >= 4 is 22.1 Å². The van der Waals surface area contributed by atoms with E-state index in [0.29, 0.717) is 23.8 Å². The molecule has 1 aromatic rings. The Morgan fingerprint density at radius 2 is 1.97 bits per heavy atom. The molecule has 4 rings (SSSR count). The first-order valence-corrected chi connectivity index (χ1v) is 11.7. The van der Waals surface area contributed by atoms with Crippen LogP contribution in [-0.2, 0) is 14.8 Å². The predicted molar refractivity (Wildman–Crippen MR) is 111 cm³/mol. The molecular formula is C22H28FNO4S. The van der Waals surface area contributed by atoms with E-state index in [1.165, 1.54) is 30.3 Å². The van der Waals surface area contributed by atoms with E-state index in [9.17, 15) is 17.6 Å². The van der Waals surface area contributed by atoms with Gasteiger partial charge in [-0.2, -0.15) is 0 Å². The number of allylic oxidation sites excluding steroid dienone is 2. The summed E-state index contributed by atoms with van der Waals surface area (Å²) in [6.45, 7) is 0. The van der Waals surface area contributed by atoms with Gasteiger partial charge in [-0.15, -0.1) is 0 Å². The fraction of sp³-hybridized carbons (Fsp3) is 0.500. The van der Waals surface area contributed by atoms with Crippen molar-refractivity contribution < 1.29 is 22.7 Å². The smallest absolute Gasteiger partial charge is 0.303 e. The molecule has 29 heavy (non-hydrogen) atoms. The van der Waals surface area contributed by atoms with Crippen molar-refractivity contribution in [2.45, 2.75) is 51.0 Å². The summed E-state index contributed by atoms with van der Waals surface area (Å²) in [7, 11) is -3.59. The second-order valence-electron chi connectivity index (χ2n) is 8.08. The number of rotatable bonds is 9. The number of carboxylic acids is 1. The lowest BCUT2D eigenvalue weighted by Gasteiger charge is -2.46. The normalized spacial score (nSPS) is 27.1. The van der Waals surface area contributed by atoms with Crippen LogP contribution in [0.5, 0.6) is 0 Å². The molecule has 0 saturated heterocycles. The van der Waals surface area contributed by atoms with Crippen LogP contribution in [0.4, 0.5) is 4.39 Å². The zero-order valence-corrected chi connectivity index (χ0v) is 17.2. The number of unbranched alkanes of at least 4 members (excludes halogenated alkanes) is 1. The number of sulfonamides is 1. The summed E-state index contributed by atoms with van der Waals surface area (Å²) < 4.78 is 40.9. The van der Waals surface area contributed by atoms with Crippen LogP contribution in [0.15, 0.2) is 41.8 Å². The molecule has 5 nitrogen and oxygen atoms in total. The highest BCUT2D eigenvalue weighted by atomic mass is 32.2. The van der Waals surface area contributed by atoms with Crippen molar-refractivity contribution in [3.05, 3.63) is 53.2 Å². The molecule has 4 unspecified atom stereocenters. The van der Waals surface area contributed by atoms with Crippen molar-refractivity contribution in [1.82, 2.24) is 4.72 Å². The summed E-state index contributed by atoms with van der Waals surface area (Å²) in [4.78, 5) is 10.6. The fourth-order valence-corrected chi connectivity index (χ4v) is 5.67. The summed E-state index contributed by atoms with van der Waals surface area (Å²) in [5.74, 6) is -0.0185. The van der Waals surface area contributed by atoms with Gasteiger partial charge in [-0.1, -0.05) is 30.7 Å². The van der Waals surface area contributed by atoms with Crippen LogP contribution in [0.25, 0.3) is 6.08 Å². The molecule has 2 N–H and O–H groups in total. The molecule has 158 valence electrons. The number of halogens is 1. The summed E-state index contributed by atoms with van der Waals surface area (Å²) in [6, 6.07) is 5.59. The first-order valence-electron chi connectivity index (χ1n) is 10.2. The lowest BCUT2D eigenvalue weighted by molar-refractivity contribution is -0.137. The SMILES string of the molecule is O=C(O)CCC/C=C/C1CC2CCC1C(NS(=O)(=O)/C=C/c1ccc(F)cc1)C2. The number of nitrogens with one attached hydrogen (secondary N) is 1. The van der Waals surface area contributed by atoms with Gasteiger partial charge in [-0.05, 0) is 73.6 Å². The molecule has 3 aliphatic carbocycles. The Morgan fingerprint density at radius 1 is 1.21 bits per heavy atom. The molecule has 3 aliphatic rings. The largest absolute Gasteiger partial charge is 0.481 e. The number of hydrogen-bond acceptors (Lipinski definition) is 3. The molecule has 0 amide bonds. The Bertz CT molecular complexity index is 863. The van der Waals surface area contributed by atoms with E-state index >= 15 is 0 Å². The molecule has 0 heterocycles. The molecule has 2 bridgehead atoms. The fourth-order valence-electron chi connectivity index (χ4n) is 4.56. The number of benzene rings is 1. The highest BCUT2D eigenvalue weighted by Gasteiger charge is 2.42. The first-order chi connectivity index (χ1) is 13.8. The van der Waals surface area contributed by atoms with E-state index < -0.39 is 16.0 Å². The second-order valence-corrected chi connectivity index (χ2v) is 9.68. The highest BCUT2D eigenvalue weighted by molar-refractivity contribution is 7.92. The lowest BCUT2D eigenvalue weighted by Crippen LogP contribution is -2.49. The molecule has 0 radical (unpaired) electrons. The number of aliphatic carboxylic acids is 1. The summed E-state index contributed by atoms with van der Waals surface area (Å²) >= 11 is 0. The summed E-state index contributed by atoms with van der Waals surface area (Å²) in [6.07, 6.45) is 11.3. The standard InChI is InChI=1S/C22H28FNO4S/c23-19-9-6-16(7-10-19)12-13-29(27,28)24-21-15-17-8-11-20(21)18(14-17)4-2-1-3-5-22(25)26/h2,4,6-7,9-10,12-13,17-18,20-21,24H,1,3,5,8,11,14-15H2,(H,25,26)/b4-2+,13-12+. The summed E-state index contributed by atoms with van der Waals surface area (Å²) in [5.41, 5.74) is 0.629. The molecule has 3 fully saturated rings. The van der Waals surface area contributed by atoms with Crippen LogP contribution in [0.2, 0.25) is 0 Å². The maximum Gasteiger partial charge on any atom is 0.303 e. The topological polar surface area (TPSA) is 83.5 Å². The quantitative estimate of drug-likeness (QED) is 0.459. The van der Waals surface area contributed by atoms with Crippen LogP contribution in [-0.4, -0.2) is 25.5 Å². The van der Waals surface area contributed by atoms with E-state index in [-0.39, 0.29) is 24.2 Å². The van der Waals surface area contributed by atoms with Gasteiger partial charge < -0.3 is 5.11 Å². The summed E-state index contributed by atoms with van der Waals surface area (Å²) in [5, 5.41) is 9.86. The average molecular weight is 422 g/mol. The molecule has 3 saturated carbocycles. The van der Waals surface area contributed by atoms with E-state index in [1.54, 1.807) is 0 Å². The van der Waals surface area contributed by atoms with Gasteiger partial charge in [0.25, 0.3) is 0 Å². The van der Waals surface area contributed by atoms with Crippen molar-refractivity contribution in [3.8, 4) is 0 Å². The Labute approximate surface area is 171 Å². The van der Waals surface area contributed by atoms with Crippen LogP contribution in [0, 0.1) is 23.6 Å². The van der Waals surface area contributed by atoms with Crippen molar-refractivity contribution in [2.24, 2.45) is 17.8 Å². The minimum absolute atomic E-state index is 0.0842. The van der Waals surface area contributed by atoms with Gasteiger partial charge >= 0.3 is 5.97 Å². The van der Waals surface area contributed by atoms with Crippen molar-refractivity contribution in [3.63, 3.8) is 0 Å². The first kappa shape index (κ1) is 21.7. The number of carboxylic acid groups (broad SMARTS) is 1. The van der Waals surface area contributed by atoms with Crippen LogP contribution < -0.4 is 4.72 Å². The average Bonchev–Trinajstić information content (AvgIpc) is 2.67. The number of fused-ring (bicyclic) bond motifs is 3. The third-order valence-corrected chi connectivity index (χ3v) is 7.06. The van der Waals surface area contributed by atoms with Gasteiger partial charge in [-0.3, -0.25) is 4.79 Å². The maximum absolute atomic E-state index is 13.0. The van der Waals surface area contributed by atoms with E-state index in [1.807, 2.05) is 6.08 Å². The van der Waals surface area contributed by atoms with Gasteiger partial charge in [0.2, 0.25) is 10.0 Å². The molecule has 4 atom stereocenters. The van der Waals surface area contributed by atoms with Crippen molar-refractivity contribution in [2.75, 3.05) is 0 Å². The zero-order valence-electron chi connectivity index (χ0n) is 16.3. The minimum atomic E-state index is -3.59. The number of carbonyl (C=O) groups is 1. The maximum atomic E-state index is 13.0. The van der Waals surface area contributed by atoms with Gasteiger partial charge in [-0.25, -0.2) is 17.5 Å². The lowest BCUT2D eigenvalue weighted by atomic mass is 9.62. The van der Waals surface area contributed by atoms with Crippen LogP contribution in [0.1, 0.15) is 50.5 Å². The third-order valence-electron chi connectivity index (χ3n) is 5.94. The van der Waals surface area contributed by atoms with Gasteiger partial charge in [0.05, 0.1) is 0 Å². The second kappa shape index (κ2) is 9.67. The van der Waals surface area contributed by atoms with Crippen LogP contribution >= 0.6 is 0 Å². The minimum Gasteiger partial charge on any atom is -0.481 e. The van der Waals surface area contributed by atoms with E-state index in [2.05, 4.69) is 10.8 Å². The molecule has 7 heteroatoms. The monoisotopic (exact) mass is 421 g/mol. The predicted octanol–water partition coefficient (Wildman–Crippen LogP) is 4.33. The Morgan fingerprint density at radius 3 is 2.66 bits per heavy atom. The van der Waals surface area contributed by atoms with Gasteiger partial charge in [0.15, 0.2) is 0 Å². The van der Waals surface area contributed by atoms with Gasteiger partial charge in [0, 0.05) is 17.9 Å².